The van der Waals surface area contributed by atoms with Crippen LogP contribution in [-0.2, 0) is 17.9 Å². The lowest BCUT2D eigenvalue weighted by molar-refractivity contribution is -0.121. The highest BCUT2D eigenvalue weighted by Crippen LogP contribution is 2.22. The SMILES string of the molecule is O=C(Cn1cnc2ccsc2c1=O)NCc1noc(-c2cccs2)n1. The Morgan fingerprint density at radius 2 is 2.20 bits per heavy atom. The lowest BCUT2D eigenvalue weighted by atomic mass is 10.4. The van der Waals surface area contributed by atoms with E-state index in [-0.39, 0.29) is 24.6 Å². The minimum Gasteiger partial charge on any atom is -0.347 e. The Bertz CT molecular complexity index is 1080. The average molecular weight is 373 g/mol. The zero-order chi connectivity index (χ0) is 17.2. The number of amides is 1. The molecule has 0 aromatic carbocycles. The van der Waals surface area contributed by atoms with Crippen molar-refractivity contribution in [2.45, 2.75) is 13.1 Å². The standard InChI is InChI=1S/C15H11N5O3S2/c21-12(7-20-8-17-9-3-5-25-13(9)15(20)22)16-6-11-18-14(23-19-11)10-2-1-4-24-10/h1-5,8H,6-7H2,(H,16,21). The van der Waals surface area contributed by atoms with Crippen molar-refractivity contribution in [2.24, 2.45) is 0 Å². The van der Waals surface area contributed by atoms with Crippen LogP contribution in [0.1, 0.15) is 5.82 Å². The fraction of sp³-hybridized carbons (Fsp3) is 0.133. The zero-order valence-electron chi connectivity index (χ0n) is 12.7. The molecule has 0 aliphatic rings. The van der Waals surface area contributed by atoms with Crippen LogP contribution in [0.4, 0.5) is 0 Å². The first kappa shape index (κ1) is 15.7. The molecular formula is C15H11N5O3S2. The predicted molar refractivity (Wildman–Crippen MR) is 93.3 cm³/mol. The molecule has 4 rings (SSSR count). The zero-order valence-corrected chi connectivity index (χ0v) is 14.3. The number of carbonyl (C=O) groups is 1. The fourth-order valence-corrected chi connectivity index (χ4v) is 3.64. The van der Waals surface area contributed by atoms with Gasteiger partial charge >= 0.3 is 0 Å². The van der Waals surface area contributed by atoms with Crippen LogP contribution in [-0.4, -0.2) is 25.6 Å². The summed E-state index contributed by atoms with van der Waals surface area (Å²) in [7, 11) is 0. The predicted octanol–water partition coefficient (Wildman–Crippen LogP) is 1.89. The molecule has 25 heavy (non-hydrogen) atoms. The first-order valence-corrected chi connectivity index (χ1v) is 9.02. The molecule has 1 N–H and O–H groups in total. The lowest BCUT2D eigenvalue weighted by Crippen LogP contribution is -2.32. The summed E-state index contributed by atoms with van der Waals surface area (Å²) in [5.74, 6) is 0.459. The van der Waals surface area contributed by atoms with Crippen LogP contribution in [0.25, 0.3) is 21.0 Å². The van der Waals surface area contributed by atoms with Crippen LogP contribution < -0.4 is 10.9 Å². The highest BCUT2D eigenvalue weighted by atomic mass is 32.1. The summed E-state index contributed by atoms with van der Waals surface area (Å²) in [6.45, 7) is 0.00639. The van der Waals surface area contributed by atoms with Crippen molar-refractivity contribution in [3.63, 3.8) is 0 Å². The number of aromatic nitrogens is 4. The molecule has 1 amide bonds. The van der Waals surface area contributed by atoms with Gasteiger partial charge in [-0.3, -0.25) is 14.2 Å². The van der Waals surface area contributed by atoms with E-state index >= 15 is 0 Å². The number of nitrogens with one attached hydrogen (secondary N) is 1. The quantitative estimate of drug-likeness (QED) is 0.573. The third kappa shape index (κ3) is 3.21. The van der Waals surface area contributed by atoms with Gasteiger partial charge < -0.3 is 9.84 Å². The summed E-state index contributed by atoms with van der Waals surface area (Å²) >= 11 is 2.80. The van der Waals surface area contributed by atoms with Gasteiger partial charge in [0.25, 0.3) is 11.4 Å². The van der Waals surface area contributed by atoms with Gasteiger partial charge in [-0.2, -0.15) is 4.98 Å². The number of thiophene rings is 2. The first-order valence-electron chi connectivity index (χ1n) is 7.26. The molecule has 4 heterocycles. The highest BCUT2D eigenvalue weighted by molar-refractivity contribution is 7.17. The van der Waals surface area contributed by atoms with E-state index in [2.05, 4.69) is 20.4 Å². The number of fused-ring (bicyclic) bond motifs is 1. The van der Waals surface area contributed by atoms with E-state index in [0.29, 0.717) is 21.9 Å². The highest BCUT2D eigenvalue weighted by Gasteiger charge is 2.12. The summed E-state index contributed by atoms with van der Waals surface area (Å²) in [4.78, 5) is 33.6. The van der Waals surface area contributed by atoms with E-state index < -0.39 is 0 Å². The second-order valence-corrected chi connectivity index (χ2v) is 6.95. The van der Waals surface area contributed by atoms with Gasteiger partial charge in [-0.15, -0.1) is 22.7 Å². The van der Waals surface area contributed by atoms with Gasteiger partial charge in [0, 0.05) is 0 Å². The van der Waals surface area contributed by atoms with Gasteiger partial charge in [0.15, 0.2) is 5.82 Å². The molecule has 0 unspecified atom stereocenters. The van der Waals surface area contributed by atoms with Crippen molar-refractivity contribution in [3.8, 4) is 10.8 Å². The molecule has 0 aliphatic heterocycles. The molecule has 10 heteroatoms. The molecule has 0 radical (unpaired) electrons. The number of nitrogens with zero attached hydrogens (tertiary/aromatic N) is 4. The number of hydrogen-bond acceptors (Lipinski definition) is 8. The molecule has 0 aliphatic carbocycles. The Hall–Kier alpha value is -2.85. The topological polar surface area (TPSA) is 103 Å². The van der Waals surface area contributed by atoms with E-state index in [1.54, 1.807) is 11.4 Å². The maximum atomic E-state index is 12.2. The minimum absolute atomic E-state index is 0.116. The number of rotatable bonds is 5. The van der Waals surface area contributed by atoms with Crippen molar-refractivity contribution in [2.75, 3.05) is 0 Å². The summed E-state index contributed by atoms with van der Waals surface area (Å²) in [5, 5.41) is 10.2. The van der Waals surface area contributed by atoms with Gasteiger partial charge in [0.2, 0.25) is 5.91 Å². The fourth-order valence-electron chi connectivity index (χ4n) is 2.21. The maximum absolute atomic E-state index is 12.2. The van der Waals surface area contributed by atoms with Gasteiger partial charge in [-0.25, -0.2) is 4.98 Å². The van der Waals surface area contributed by atoms with Gasteiger partial charge in [-0.1, -0.05) is 11.2 Å². The van der Waals surface area contributed by atoms with Crippen LogP contribution in [0.15, 0.2) is 44.6 Å². The minimum atomic E-state index is -0.331. The number of carbonyl (C=O) groups excluding carboxylic acids is 1. The maximum Gasteiger partial charge on any atom is 0.271 e. The third-order valence-electron chi connectivity index (χ3n) is 3.39. The van der Waals surface area contributed by atoms with Crippen molar-refractivity contribution in [1.82, 2.24) is 25.0 Å². The Morgan fingerprint density at radius 3 is 3.04 bits per heavy atom. The molecule has 0 fully saturated rings. The number of hydrogen-bond donors (Lipinski definition) is 1. The molecule has 0 atom stereocenters. The van der Waals surface area contributed by atoms with Crippen LogP contribution in [0.3, 0.4) is 0 Å². The third-order valence-corrected chi connectivity index (χ3v) is 5.14. The van der Waals surface area contributed by atoms with Gasteiger partial charge in [0.05, 0.1) is 23.3 Å². The Labute approximate surface area is 148 Å². The summed E-state index contributed by atoms with van der Waals surface area (Å²) in [5.41, 5.74) is 0.411. The normalized spacial score (nSPS) is 11.0. The Balaban J connectivity index is 1.40. The molecule has 8 nitrogen and oxygen atoms in total. The molecule has 4 aromatic rings. The van der Waals surface area contributed by atoms with Crippen LogP contribution >= 0.6 is 22.7 Å². The largest absolute Gasteiger partial charge is 0.347 e. The van der Waals surface area contributed by atoms with Crippen molar-refractivity contribution in [1.29, 1.82) is 0 Å². The van der Waals surface area contributed by atoms with E-state index in [0.717, 1.165) is 4.88 Å². The summed E-state index contributed by atoms with van der Waals surface area (Å²) in [6, 6.07) is 5.54. The van der Waals surface area contributed by atoms with E-state index in [1.165, 1.54) is 33.6 Å². The summed E-state index contributed by atoms with van der Waals surface area (Å²) in [6.07, 6.45) is 1.38. The molecule has 0 saturated heterocycles. The van der Waals surface area contributed by atoms with Crippen LogP contribution in [0.2, 0.25) is 0 Å². The van der Waals surface area contributed by atoms with Crippen LogP contribution in [0.5, 0.6) is 0 Å². The van der Waals surface area contributed by atoms with E-state index in [4.69, 9.17) is 4.52 Å². The molecule has 0 spiro atoms. The molecule has 126 valence electrons. The smallest absolute Gasteiger partial charge is 0.271 e. The average Bonchev–Trinajstić information content (AvgIpc) is 3.36. The molecule has 0 bridgehead atoms. The first-order chi connectivity index (χ1) is 12.2. The molecule has 0 saturated carbocycles. The van der Waals surface area contributed by atoms with E-state index in [9.17, 15) is 9.59 Å². The van der Waals surface area contributed by atoms with E-state index in [1.807, 2.05) is 17.5 Å². The van der Waals surface area contributed by atoms with Crippen molar-refractivity contribution < 1.29 is 9.32 Å². The summed E-state index contributed by atoms with van der Waals surface area (Å²) < 4.78 is 6.97. The van der Waals surface area contributed by atoms with Gasteiger partial charge in [-0.05, 0) is 22.9 Å². The van der Waals surface area contributed by atoms with Crippen molar-refractivity contribution >= 4 is 38.8 Å². The second kappa shape index (κ2) is 6.57. The monoisotopic (exact) mass is 373 g/mol. The Kier molecular flexibility index (Phi) is 4.12. The van der Waals surface area contributed by atoms with Gasteiger partial charge in [0.1, 0.15) is 11.2 Å². The molecular weight excluding hydrogens is 362 g/mol. The van der Waals surface area contributed by atoms with Crippen LogP contribution in [0, 0.1) is 0 Å². The lowest BCUT2D eigenvalue weighted by Gasteiger charge is -2.05. The molecule has 4 aromatic heterocycles. The van der Waals surface area contributed by atoms with Crippen molar-refractivity contribution in [3.05, 3.63) is 51.5 Å². The second-order valence-electron chi connectivity index (χ2n) is 5.08. The Morgan fingerprint density at radius 1 is 1.28 bits per heavy atom.